The van der Waals surface area contributed by atoms with Gasteiger partial charge in [0.15, 0.2) is 17.3 Å². The molecule has 22 heavy (non-hydrogen) atoms. The third kappa shape index (κ3) is 2.71. The normalized spacial score (nSPS) is 14.6. The molecule has 0 bridgehead atoms. The molecule has 1 N–H and O–H groups in total. The molecule has 0 unspecified atom stereocenters. The summed E-state index contributed by atoms with van der Waals surface area (Å²) in [6.07, 6.45) is 1.96. The summed E-state index contributed by atoms with van der Waals surface area (Å²) < 4.78 is 7.30. The van der Waals surface area contributed by atoms with Crippen molar-refractivity contribution in [1.82, 2.24) is 30.1 Å². The van der Waals surface area contributed by atoms with Gasteiger partial charge in [-0.25, -0.2) is 0 Å². The predicted octanol–water partition coefficient (Wildman–Crippen LogP) is 2.65. The molecule has 0 spiro atoms. The summed E-state index contributed by atoms with van der Waals surface area (Å²) in [7, 11) is 0. The topological polar surface area (TPSA) is 81.1 Å². The number of hydrogen-bond donors (Lipinski definition) is 1. The lowest BCUT2D eigenvalue weighted by Crippen LogP contribution is -2.24. The molecule has 0 saturated heterocycles. The highest BCUT2D eigenvalue weighted by Crippen LogP contribution is 2.19. The average Bonchev–Trinajstić information content (AvgIpc) is 3.14. The third-order valence-electron chi connectivity index (χ3n) is 3.57. The van der Waals surface area contributed by atoms with Crippen LogP contribution in [0.3, 0.4) is 0 Å². The smallest absolute Gasteiger partial charge is 0.243 e. The monoisotopic (exact) mass is 300 g/mol. The van der Waals surface area contributed by atoms with Gasteiger partial charge in [-0.3, -0.25) is 9.72 Å². The Morgan fingerprint density at radius 2 is 1.91 bits per heavy atom. The lowest BCUT2D eigenvalue weighted by Gasteiger charge is -2.15. The fourth-order valence-corrected chi connectivity index (χ4v) is 2.33. The summed E-state index contributed by atoms with van der Waals surface area (Å²) in [5.41, 5.74) is 0.832. The molecule has 7 heteroatoms. The van der Waals surface area contributed by atoms with Gasteiger partial charge in [0.25, 0.3) is 0 Å². The van der Waals surface area contributed by atoms with Crippen molar-refractivity contribution in [3.05, 3.63) is 41.9 Å². The summed E-state index contributed by atoms with van der Waals surface area (Å²) in [4.78, 5) is 4.42. The minimum atomic E-state index is -0.0638. The van der Waals surface area contributed by atoms with Crippen molar-refractivity contribution in [2.75, 3.05) is 0 Å². The fourth-order valence-electron chi connectivity index (χ4n) is 2.33. The van der Waals surface area contributed by atoms with Crippen LogP contribution in [0.1, 0.15) is 63.2 Å². The van der Waals surface area contributed by atoms with Crippen molar-refractivity contribution in [3.8, 4) is 0 Å². The van der Waals surface area contributed by atoms with Crippen LogP contribution >= 0.6 is 0 Å². The number of pyridine rings is 1. The first kappa shape index (κ1) is 14.6. The molecule has 3 aromatic rings. The van der Waals surface area contributed by atoms with E-state index >= 15 is 0 Å². The molecule has 7 nitrogen and oxygen atoms in total. The van der Waals surface area contributed by atoms with Crippen LogP contribution in [0.2, 0.25) is 0 Å². The summed E-state index contributed by atoms with van der Waals surface area (Å²) in [5.74, 6) is 2.42. The number of nitrogens with one attached hydrogen (secondary N) is 1. The number of aromatic nitrogens is 5. The van der Waals surface area contributed by atoms with Crippen molar-refractivity contribution < 1.29 is 4.52 Å². The van der Waals surface area contributed by atoms with E-state index in [1.807, 2.05) is 56.5 Å². The maximum Gasteiger partial charge on any atom is 0.243 e. The Morgan fingerprint density at radius 1 is 1.09 bits per heavy atom. The Hall–Kier alpha value is -2.28. The zero-order valence-electron chi connectivity index (χ0n) is 13.2. The van der Waals surface area contributed by atoms with Crippen molar-refractivity contribution >= 4 is 5.65 Å². The average molecular weight is 300 g/mol. The molecule has 3 rings (SSSR count). The summed E-state index contributed by atoms with van der Waals surface area (Å²) in [6, 6.07) is 5.77. The highest BCUT2D eigenvalue weighted by Gasteiger charge is 2.20. The maximum atomic E-state index is 5.33. The van der Waals surface area contributed by atoms with E-state index in [9.17, 15) is 0 Å². The maximum absolute atomic E-state index is 5.33. The molecule has 0 aliphatic heterocycles. The van der Waals surface area contributed by atoms with Gasteiger partial charge >= 0.3 is 0 Å². The van der Waals surface area contributed by atoms with Crippen molar-refractivity contribution in [2.45, 2.75) is 45.7 Å². The molecule has 2 atom stereocenters. The van der Waals surface area contributed by atoms with E-state index in [0.717, 1.165) is 17.3 Å². The number of nitrogens with zero attached hydrogens (tertiary/aromatic N) is 5. The molecule has 116 valence electrons. The Morgan fingerprint density at radius 3 is 2.64 bits per heavy atom. The van der Waals surface area contributed by atoms with E-state index in [2.05, 4.69) is 25.7 Å². The van der Waals surface area contributed by atoms with Crippen molar-refractivity contribution in [1.29, 1.82) is 0 Å². The van der Waals surface area contributed by atoms with E-state index < -0.39 is 0 Å². The number of rotatable bonds is 5. The summed E-state index contributed by atoms with van der Waals surface area (Å²) in [5, 5.41) is 15.8. The van der Waals surface area contributed by atoms with Gasteiger partial charge in [0.2, 0.25) is 5.89 Å². The first-order valence-electron chi connectivity index (χ1n) is 7.45. The lowest BCUT2D eigenvalue weighted by molar-refractivity contribution is 0.322. The minimum absolute atomic E-state index is 0.00167. The fraction of sp³-hybridized carbons (Fsp3) is 0.467. The van der Waals surface area contributed by atoms with E-state index in [1.165, 1.54) is 0 Å². The van der Waals surface area contributed by atoms with Crippen LogP contribution in [-0.2, 0) is 0 Å². The van der Waals surface area contributed by atoms with Crippen LogP contribution in [0.4, 0.5) is 0 Å². The van der Waals surface area contributed by atoms with Gasteiger partial charge in [0, 0.05) is 12.1 Å². The molecule has 0 saturated carbocycles. The highest BCUT2D eigenvalue weighted by molar-refractivity contribution is 5.37. The first-order valence-corrected chi connectivity index (χ1v) is 7.45. The number of fused-ring (bicyclic) bond motifs is 1. The zero-order valence-corrected chi connectivity index (χ0v) is 13.2. The molecular weight excluding hydrogens is 280 g/mol. The molecule has 0 fully saturated rings. The zero-order chi connectivity index (χ0) is 15.7. The Bertz CT molecular complexity index is 762. The van der Waals surface area contributed by atoms with E-state index in [0.29, 0.717) is 5.89 Å². The van der Waals surface area contributed by atoms with Gasteiger partial charge < -0.3 is 4.52 Å². The molecule has 0 amide bonds. The van der Waals surface area contributed by atoms with Crippen LogP contribution in [-0.4, -0.2) is 24.7 Å². The van der Waals surface area contributed by atoms with Crippen LogP contribution in [0.25, 0.3) is 5.65 Å². The molecular formula is C15H20N6O. The lowest BCUT2D eigenvalue weighted by atomic mass is 10.2. The van der Waals surface area contributed by atoms with E-state index in [-0.39, 0.29) is 18.0 Å². The van der Waals surface area contributed by atoms with Gasteiger partial charge in [0.05, 0.1) is 12.1 Å². The van der Waals surface area contributed by atoms with E-state index in [1.54, 1.807) is 0 Å². The molecule has 0 aromatic carbocycles. The van der Waals surface area contributed by atoms with Crippen LogP contribution < -0.4 is 5.32 Å². The molecule has 0 aliphatic carbocycles. The minimum Gasteiger partial charge on any atom is -0.338 e. The van der Waals surface area contributed by atoms with E-state index in [4.69, 9.17) is 4.52 Å². The molecule has 3 heterocycles. The second-order valence-electron chi connectivity index (χ2n) is 5.74. The van der Waals surface area contributed by atoms with Crippen LogP contribution in [0.5, 0.6) is 0 Å². The predicted molar refractivity (Wildman–Crippen MR) is 81.3 cm³/mol. The van der Waals surface area contributed by atoms with Crippen LogP contribution in [0, 0.1) is 0 Å². The van der Waals surface area contributed by atoms with Gasteiger partial charge in [0.1, 0.15) is 0 Å². The standard InChI is InChI=1S/C15H20N6O/c1-9(2)13-17-15(22-20-13)11(4)16-10(3)14-19-18-12-7-5-6-8-21(12)14/h5-11,16H,1-4H3/t10-,11-/m0/s1. The van der Waals surface area contributed by atoms with Crippen molar-refractivity contribution in [2.24, 2.45) is 0 Å². The van der Waals surface area contributed by atoms with Gasteiger partial charge in [-0.05, 0) is 26.0 Å². The van der Waals surface area contributed by atoms with Gasteiger partial charge in [-0.15, -0.1) is 10.2 Å². The largest absolute Gasteiger partial charge is 0.338 e. The SMILES string of the molecule is CC(C)c1noc([C@H](C)N[C@@H](C)c2nnc3ccccn23)n1. The summed E-state index contributed by atoms with van der Waals surface area (Å²) >= 11 is 0. The Labute approximate surface area is 128 Å². The third-order valence-corrected chi connectivity index (χ3v) is 3.57. The Balaban J connectivity index is 1.76. The van der Waals surface area contributed by atoms with Crippen LogP contribution in [0.15, 0.2) is 28.9 Å². The summed E-state index contributed by atoms with van der Waals surface area (Å²) in [6.45, 7) is 8.12. The molecule has 0 radical (unpaired) electrons. The molecule has 0 aliphatic rings. The van der Waals surface area contributed by atoms with Gasteiger partial charge in [-0.2, -0.15) is 4.98 Å². The second kappa shape index (κ2) is 5.84. The second-order valence-corrected chi connectivity index (χ2v) is 5.74. The van der Waals surface area contributed by atoms with Gasteiger partial charge in [-0.1, -0.05) is 25.1 Å². The Kier molecular flexibility index (Phi) is 3.89. The number of hydrogen-bond acceptors (Lipinski definition) is 6. The quantitative estimate of drug-likeness (QED) is 0.780. The molecule has 3 aromatic heterocycles. The van der Waals surface area contributed by atoms with Crippen molar-refractivity contribution in [3.63, 3.8) is 0 Å². The first-order chi connectivity index (χ1) is 10.6. The highest BCUT2D eigenvalue weighted by atomic mass is 16.5.